The van der Waals surface area contributed by atoms with Crippen LogP contribution in [0.1, 0.15) is 36.1 Å². The van der Waals surface area contributed by atoms with Gasteiger partial charge in [-0.1, -0.05) is 30.3 Å². The predicted molar refractivity (Wildman–Crippen MR) is 120 cm³/mol. The number of aromatic hydroxyl groups is 1. The number of halogens is 1. The fourth-order valence-electron chi connectivity index (χ4n) is 4.15. The second-order valence-corrected chi connectivity index (χ2v) is 9.76. The highest BCUT2D eigenvalue weighted by atomic mass is 32.2. The van der Waals surface area contributed by atoms with Gasteiger partial charge in [-0.25, -0.2) is 12.8 Å². The van der Waals surface area contributed by atoms with Gasteiger partial charge in [0.1, 0.15) is 22.6 Å². The zero-order valence-electron chi connectivity index (χ0n) is 17.4. The smallest absolute Gasteiger partial charge is 0.241 e. The number of para-hydroxylation sites is 1. The summed E-state index contributed by atoms with van der Waals surface area (Å²) in [7, 11) is -2.23. The number of ether oxygens (including phenoxy) is 1. The maximum atomic E-state index is 13.2. The number of nitrogens with zero attached hydrogens (tertiary/aromatic N) is 1. The molecule has 0 aliphatic carbocycles. The summed E-state index contributed by atoms with van der Waals surface area (Å²) >= 11 is 0. The molecule has 168 valence electrons. The maximum Gasteiger partial charge on any atom is 0.241 e. The minimum Gasteiger partial charge on any atom is -0.507 e. The van der Waals surface area contributed by atoms with Crippen LogP contribution in [0.5, 0.6) is 11.5 Å². The van der Waals surface area contributed by atoms with E-state index in [1.807, 2.05) is 0 Å². The summed E-state index contributed by atoms with van der Waals surface area (Å²) in [6.07, 6.45) is -0.590. The average molecular weight is 458 g/mol. The lowest BCUT2D eigenvalue weighted by atomic mass is 9.95. The van der Waals surface area contributed by atoms with E-state index in [4.69, 9.17) is 4.74 Å². The molecule has 1 saturated heterocycles. The van der Waals surface area contributed by atoms with Gasteiger partial charge in [0.25, 0.3) is 0 Å². The van der Waals surface area contributed by atoms with E-state index in [0.29, 0.717) is 22.6 Å². The molecule has 3 aromatic carbocycles. The Kier molecular flexibility index (Phi) is 6.08. The molecule has 1 aliphatic rings. The van der Waals surface area contributed by atoms with Crippen LogP contribution in [-0.2, 0) is 10.0 Å². The number of benzene rings is 3. The van der Waals surface area contributed by atoms with Gasteiger partial charge in [-0.05, 0) is 54.8 Å². The Hall–Kier alpha value is -3.10. The van der Waals surface area contributed by atoms with Crippen LogP contribution in [0.4, 0.5) is 10.1 Å². The molecular weight excluding hydrogens is 433 g/mol. The van der Waals surface area contributed by atoms with Gasteiger partial charge in [-0.3, -0.25) is 4.31 Å². The van der Waals surface area contributed by atoms with E-state index in [2.05, 4.69) is 0 Å². The number of methoxy groups -OCH3 is 1. The molecule has 0 aromatic heterocycles. The van der Waals surface area contributed by atoms with Crippen molar-refractivity contribution in [2.75, 3.05) is 11.4 Å². The molecule has 0 spiro atoms. The average Bonchev–Trinajstić information content (AvgIpc) is 2.78. The number of sulfonamides is 1. The minimum absolute atomic E-state index is 0.0609. The van der Waals surface area contributed by atoms with Crippen LogP contribution >= 0.6 is 0 Å². The fraction of sp³-hybridized carbons (Fsp3) is 0.250. The van der Waals surface area contributed by atoms with Crippen molar-refractivity contribution in [1.29, 1.82) is 0 Å². The van der Waals surface area contributed by atoms with Crippen LogP contribution in [0, 0.1) is 5.82 Å². The summed E-state index contributed by atoms with van der Waals surface area (Å²) in [5, 5.41) is 20.3. The first-order chi connectivity index (χ1) is 15.3. The van der Waals surface area contributed by atoms with Gasteiger partial charge in [-0.2, -0.15) is 0 Å². The quantitative estimate of drug-likeness (QED) is 0.552. The van der Waals surface area contributed by atoms with Crippen molar-refractivity contribution in [1.82, 2.24) is 0 Å². The minimum atomic E-state index is -3.71. The fourth-order valence-corrected chi connectivity index (χ4v) is 6.26. The summed E-state index contributed by atoms with van der Waals surface area (Å²) in [4.78, 5) is 0. The summed E-state index contributed by atoms with van der Waals surface area (Å²) in [5.41, 5.74) is 1.49. The Bertz CT molecular complexity index is 1180. The summed E-state index contributed by atoms with van der Waals surface area (Å²) in [6, 6.07) is 18.3. The molecule has 3 aromatic rings. The Morgan fingerprint density at radius 1 is 1.06 bits per heavy atom. The number of anilines is 1. The number of phenolic OH excluding ortho intramolecular Hbond substituents is 1. The summed E-state index contributed by atoms with van der Waals surface area (Å²) in [6.45, 7) is 0. The first-order valence-electron chi connectivity index (χ1n) is 10.2. The standard InChI is InChI=1S/C24H24FNO5S/c1-31-19-11-12-20(22(28)15-19)24-23(14-13-21(27)16-7-9-17(25)10-8-16)32(29,30)26(24)18-5-3-2-4-6-18/h2-12,15,21,23-24,27-28H,13-14H2,1H3/t21?,23-,24+/m0/s1. The number of hydrogen-bond acceptors (Lipinski definition) is 5. The predicted octanol–water partition coefficient (Wildman–Crippen LogP) is 4.31. The van der Waals surface area contributed by atoms with Crippen LogP contribution in [0.3, 0.4) is 0 Å². The van der Waals surface area contributed by atoms with Crippen molar-refractivity contribution in [2.24, 2.45) is 0 Å². The van der Waals surface area contributed by atoms with Crippen LogP contribution in [0.15, 0.2) is 72.8 Å². The Morgan fingerprint density at radius 2 is 1.75 bits per heavy atom. The van der Waals surface area contributed by atoms with Crippen LogP contribution in [0.2, 0.25) is 0 Å². The first kappa shape index (κ1) is 22.1. The molecule has 1 heterocycles. The van der Waals surface area contributed by atoms with Gasteiger partial charge < -0.3 is 14.9 Å². The molecule has 0 saturated carbocycles. The zero-order chi connectivity index (χ0) is 22.9. The molecule has 32 heavy (non-hydrogen) atoms. The second kappa shape index (κ2) is 8.80. The van der Waals surface area contributed by atoms with E-state index >= 15 is 0 Å². The van der Waals surface area contributed by atoms with E-state index in [-0.39, 0.29) is 18.6 Å². The lowest BCUT2D eigenvalue weighted by Crippen LogP contribution is -2.58. The molecule has 2 N–H and O–H groups in total. The molecule has 1 aliphatic heterocycles. The number of hydrogen-bond donors (Lipinski definition) is 2. The highest BCUT2D eigenvalue weighted by Crippen LogP contribution is 2.50. The van der Waals surface area contributed by atoms with Crippen LogP contribution < -0.4 is 9.04 Å². The van der Waals surface area contributed by atoms with E-state index < -0.39 is 33.2 Å². The van der Waals surface area contributed by atoms with Crippen molar-refractivity contribution >= 4 is 15.7 Å². The first-order valence-corrected chi connectivity index (χ1v) is 11.7. The zero-order valence-corrected chi connectivity index (χ0v) is 18.2. The molecule has 0 bridgehead atoms. The highest BCUT2D eigenvalue weighted by Gasteiger charge is 2.54. The maximum absolute atomic E-state index is 13.2. The van der Waals surface area contributed by atoms with Crippen molar-refractivity contribution in [3.05, 3.63) is 89.7 Å². The van der Waals surface area contributed by atoms with Crippen molar-refractivity contribution in [2.45, 2.75) is 30.2 Å². The highest BCUT2D eigenvalue weighted by molar-refractivity contribution is 7.95. The topological polar surface area (TPSA) is 87.1 Å². The number of aliphatic hydroxyl groups is 1. The van der Waals surface area contributed by atoms with E-state index in [1.54, 1.807) is 42.5 Å². The normalized spacial score (nSPS) is 20.4. The van der Waals surface area contributed by atoms with E-state index in [0.717, 1.165) is 0 Å². The number of phenols is 1. The molecule has 0 amide bonds. The lowest BCUT2D eigenvalue weighted by Gasteiger charge is -2.48. The van der Waals surface area contributed by atoms with E-state index in [1.165, 1.54) is 41.7 Å². The van der Waals surface area contributed by atoms with Gasteiger partial charge in [0.05, 0.1) is 24.9 Å². The SMILES string of the molecule is COc1ccc([C@@H]2[C@H](CCC(O)c3ccc(F)cc3)S(=O)(=O)N2c2ccccc2)c(O)c1. The Morgan fingerprint density at radius 3 is 2.38 bits per heavy atom. The van der Waals surface area contributed by atoms with Crippen LogP contribution in [-0.4, -0.2) is 31.0 Å². The van der Waals surface area contributed by atoms with Crippen LogP contribution in [0.25, 0.3) is 0 Å². The molecular formula is C24H24FNO5S. The van der Waals surface area contributed by atoms with Gasteiger partial charge in [0.2, 0.25) is 10.0 Å². The van der Waals surface area contributed by atoms with Crippen molar-refractivity contribution < 1.29 is 27.8 Å². The molecule has 6 nitrogen and oxygen atoms in total. The molecule has 1 fully saturated rings. The Labute approximate surface area is 186 Å². The molecule has 8 heteroatoms. The second-order valence-electron chi connectivity index (χ2n) is 7.73. The monoisotopic (exact) mass is 457 g/mol. The van der Waals surface area contributed by atoms with Gasteiger partial charge in [0.15, 0.2) is 0 Å². The summed E-state index contributed by atoms with van der Waals surface area (Å²) < 4.78 is 46.1. The summed E-state index contributed by atoms with van der Waals surface area (Å²) in [5.74, 6) is -0.00620. The van der Waals surface area contributed by atoms with Gasteiger partial charge in [0, 0.05) is 11.6 Å². The Balaban J connectivity index is 1.64. The van der Waals surface area contributed by atoms with E-state index in [9.17, 15) is 23.0 Å². The molecule has 3 atom stereocenters. The van der Waals surface area contributed by atoms with Crippen molar-refractivity contribution in [3.8, 4) is 11.5 Å². The third-order valence-electron chi connectivity index (χ3n) is 5.81. The van der Waals surface area contributed by atoms with Gasteiger partial charge >= 0.3 is 0 Å². The van der Waals surface area contributed by atoms with Gasteiger partial charge in [-0.15, -0.1) is 0 Å². The third-order valence-corrected chi connectivity index (χ3v) is 8.05. The largest absolute Gasteiger partial charge is 0.507 e. The lowest BCUT2D eigenvalue weighted by molar-refractivity contribution is 0.162. The molecule has 0 radical (unpaired) electrons. The third kappa shape index (κ3) is 4.03. The molecule has 4 rings (SSSR count). The number of rotatable bonds is 7. The number of aliphatic hydroxyl groups excluding tert-OH is 1. The van der Waals surface area contributed by atoms with Crippen molar-refractivity contribution in [3.63, 3.8) is 0 Å². The molecule has 1 unspecified atom stereocenters.